The summed E-state index contributed by atoms with van der Waals surface area (Å²) < 4.78 is 44.7. The molecule has 5 nitrogen and oxygen atoms in total. The number of aromatic nitrogens is 1. The molecule has 9 heteroatoms. The monoisotopic (exact) mass is 362 g/mol. The largest absolute Gasteiger partial charge is 0.429 e. The lowest BCUT2D eigenvalue weighted by Crippen LogP contribution is -2.01. The van der Waals surface area contributed by atoms with E-state index in [4.69, 9.17) is 4.74 Å². The molecule has 2 aromatic rings. The van der Waals surface area contributed by atoms with Gasteiger partial charge in [-0.1, -0.05) is 15.9 Å². The summed E-state index contributed by atoms with van der Waals surface area (Å²) in [5.41, 5.74) is -0.171. The molecule has 0 aliphatic rings. The number of nitro groups is 1. The molecule has 21 heavy (non-hydrogen) atoms. The molecular formula is C12H6BrF3N2O3. The van der Waals surface area contributed by atoms with E-state index in [1.165, 1.54) is 13.0 Å². The number of hydrogen-bond acceptors (Lipinski definition) is 4. The predicted molar refractivity (Wildman–Crippen MR) is 69.7 cm³/mol. The van der Waals surface area contributed by atoms with Gasteiger partial charge in [-0.2, -0.15) is 9.37 Å². The maximum atomic E-state index is 13.5. The number of pyridine rings is 1. The highest BCUT2D eigenvalue weighted by Gasteiger charge is 2.22. The molecule has 2 rings (SSSR count). The molecule has 0 saturated heterocycles. The summed E-state index contributed by atoms with van der Waals surface area (Å²) in [4.78, 5) is 13.2. The zero-order valence-electron chi connectivity index (χ0n) is 10.4. The second-order valence-corrected chi connectivity index (χ2v) is 4.89. The summed E-state index contributed by atoms with van der Waals surface area (Å²) in [6.07, 6.45) is 0. The van der Waals surface area contributed by atoms with Crippen molar-refractivity contribution >= 4 is 21.6 Å². The quantitative estimate of drug-likeness (QED) is 0.464. The minimum atomic E-state index is -1.57. The van der Waals surface area contributed by atoms with Crippen molar-refractivity contribution in [3.63, 3.8) is 0 Å². The second kappa shape index (κ2) is 5.68. The van der Waals surface area contributed by atoms with Crippen LogP contribution in [0.4, 0.5) is 18.9 Å². The Kier molecular flexibility index (Phi) is 4.12. The van der Waals surface area contributed by atoms with E-state index >= 15 is 0 Å². The average molecular weight is 363 g/mol. The van der Waals surface area contributed by atoms with E-state index in [0.29, 0.717) is 10.0 Å². The van der Waals surface area contributed by atoms with E-state index in [1.807, 2.05) is 0 Å². The van der Waals surface area contributed by atoms with Crippen LogP contribution in [0.3, 0.4) is 0 Å². The van der Waals surface area contributed by atoms with Crippen LogP contribution >= 0.6 is 15.9 Å². The highest BCUT2D eigenvalue weighted by atomic mass is 79.9. The SMILES string of the molecule is Cc1cc(Br)cc([N+](=O)[O-])c1Oc1nc(F)c(F)cc1F. The third-order valence-electron chi connectivity index (χ3n) is 2.47. The normalized spacial score (nSPS) is 10.5. The minimum absolute atomic E-state index is 0.248. The molecule has 0 fully saturated rings. The van der Waals surface area contributed by atoms with Gasteiger partial charge in [0.05, 0.1) is 4.92 Å². The molecule has 0 aliphatic carbocycles. The molecule has 110 valence electrons. The van der Waals surface area contributed by atoms with Crippen molar-refractivity contribution in [3.8, 4) is 11.6 Å². The third-order valence-corrected chi connectivity index (χ3v) is 2.93. The number of nitro benzene ring substituents is 1. The molecule has 0 amide bonds. The Morgan fingerprint density at radius 2 is 1.90 bits per heavy atom. The van der Waals surface area contributed by atoms with Crippen LogP contribution in [0.15, 0.2) is 22.7 Å². The number of rotatable bonds is 3. The highest BCUT2D eigenvalue weighted by Crippen LogP contribution is 2.37. The summed E-state index contributed by atoms with van der Waals surface area (Å²) >= 11 is 3.08. The standard InChI is InChI=1S/C12H6BrF3N2O3/c1-5-2-6(13)3-9(18(19)20)10(5)21-12-8(15)4-7(14)11(16)17-12/h2-4H,1H3. The molecule has 0 bridgehead atoms. The predicted octanol–water partition coefficient (Wildman–Crippen LogP) is 4.27. The van der Waals surface area contributed by atoms with Crippen molar-refractivity contribution < 1.29 is 22.8 Å². The number of aryl methyl sites for hydroxylation is 1. The first-order chi connectivity index (χ1) is 9.79. The average Bonchev–Trinajstić information content (AvgIpc) is 2.38. The third kappa shape index (κ3) is 3.13. The van der Waals surface area contributed by atoms with Gasteiger partial charge in [0.25, 0.3) is 11.8 Å². The molecule has 0 saturated carbocycles. The molecule has 0 radical (unpaired) electrons. The molecule has 0 atom stereocenters. The van der Waals surface area contributed by atoms with Gasteiger partial charge in [-0.25, -0.2) is 8.78 Å². The summed E-state index contributed by atoms with van der Waals surface area (Å²) in [7, 11) is 0. The Labute approximate surface area is 124 Å². The second-order valence-electron chi connectivity index (χ2n) is 3.98. The van der Waals surface area contributed by atoms with Gasteiger partial charge >= 0.3 is 5.69 Å². The van der Waals surface area contributed by atoms with Gasteiger partial charge in [0, 0.05) is 22.2 Å². The maximum absolute atomic E-state index is 13.5. The lowest BCUT2D eigenvalue weighted by atomic mass is 10.2. The zero-order chi connectivity index (χ0) is 15.7. The van der Waals surface area contributed by atoms with E-state index in [9.17, 15) is 23.3 Å². The van der Waals surface area contributed by atoms with Crippen LogP contribution in [0, 0.1) is 34.6 Å². The first kappa shape index (κ1) is 15.2. The molecular weight excluding hydrogens is 357 g/mol. The van der Waals surface area contributed by atoms with E-state index in [-0.39, 0.29) is 11.8 Å². The van der Waals surface area contributed by atoms with Gasteiger partial charge in [-0.15, -0.1) is 0 Å². The van der Waals surface area contributed by atoms with Gasteiger partial charge in [0.2, 0.25) is 5.75 Å². The van der Waals surface area contributed by atoms with Crippen molar-refractivity contribution in [3.05, 3.63) is 55.9 Å². The van der Waals surface area contributed by atoms with Gasteiger partial charge in [0.1, 0.15) is 0 Å². The molecule has 0 spiro atoms. The number of halogens is 4. The first-order valence-corrected chi connectivity index (χ1v) is 6.23. The van der Waals surface area contributed by atoms with E-state index < -0.39 is 34.1 Å². The fourth-order valence-corrected chi connectivity index (χ4v) is 2.14. The number of nitrogens with zero attached hydrogens (tertiary/aromatic N) is 2. The first-order valence-electron chi connectivity index (χ1n) is 5.43. The minimum Gasteiger partial charge on any atom is -0.429 e. The molecule has 1 aromatic heterocycles. The lowest BCUT2D eigenvalue weighted by molar-refractivity contribution is -0.385. The fraction of sp³-hybridized carbons (Fsp3) is 0.0833. The van der Waals surface area contributed by atoms with Crippen LogP contribution in [0.2, 0.25) is 0 Å². The van der Waals surface area contributed by atoms with Gasteiger partial charge in [0.15, 0.2) is 11.6 Å². The molecule has 0 aliphatic heterocycles. The Bertz CT molecular complexity index is 740. The van der Waals surface area contributed by atoms with Crippen molar-refractivity contribution in [2.75, 3.05) is 0 Å². The Balaban J connectivity index is 2.54. The van der Waals surface area contributed by atoms with Gasteiger partial charge in [-0.05, 0) is 13.0 Å². The van der Waals surface area contributed by atoms with Gasteiger partial charge in [-0.3, -0.25) is 10.1 Å². The van der Waals surface area contributed by atoms with Crippen LogP contribution < -0.4 is 4.74 Å². The molecule has 1 aromatic carbocycles. The number of hydrogen-bond donors (Lipinski definition) is 0. The van der Waals surface area contributed by atoms with Crippen LogP contribution in [0.25, 0.3) is 0 Å². The van der Waals surface area contributed by atoms with Crippen molar-refractivity contribution in [1.82, 2.24) is 4.98 Å². The van der Waals surface area contributed by atoms with Crippen LogP contribution in [0.5, 0.6) is 11.6 Å². The summed E-state index contributed by atoms with van der Waals surface area (Å²) in [6, 6.07) is 2.87. The van der Waals surface area contributed by atoms with Gasteiger partial charge < -0.3 is 4.74 Å². The maximum Gasteiger partial charge on any atom is 0.313 e. The summed E-state index contributed by atoms with van der Waals surface area (Å²) in [5, 5.41) is 11.0. The van der Waals surface area contributed by atoms with E-state index in [2.05, 4.69) is 20.9 Å². The zero-order valence-corrected chi connectivity index (χ0v) is 11.9. The van der Waals surface area contributed by atoms with Crippen LogP contribution in [-0.2, 0) is 0 Å². The van der Waals surface area contributed by atoms with Crippen LogP contribution in [-0.4, -0.2) is 9.91 Å². The Hall–Kier alpha value is -2.16. The summed E-state index contributed by atoms with van der Waals surface area (Å²) in [5.74, 6) is -5.51. The van der Waals surface area contributed by atoms with Crippen LogP contribution in [0.1, 0.15) is 5.56 Å². The highest BCUT2D eigenvalue weighted by molar-refractivity contribution is 9.10. The van der Waals surface area contributed by atoms with Crippen molar-refractivity contribution in [2.24, 2.45) is 0 Å². The topological polar surface area (TPSA) is 65.3 Å². The summed E-state index contributed by atoms with van der Waals surface area (Å²) in [6.45, 7) is 1.48. The lowest BCUT2D eigenvalue weighted by Gasteiger charge is -2.09. The molecule has 0 unspecified atom stereocenters. The number of benzene rings is 1. The Morgan fingerprint density at radius 1 is 1.24 bits per heavy atom. The van der Waals surface area contributed by atoms with Crippen molar-refractivity contribution in [2.45, 2.75) is 6.92 Å². The van der Waals surface area contributed by atoms with Crippen molar-refractivity contribution in [1.29, 1.82) is 0 Å². The van der Waals surface area contributed by atoms with E-state index in [1.54, 1.807) is 0 Å². The molecule has 1 heterocycles. The van der Waals surface area contributed by atoms with E-state index in [0.717, 1.165) is 6.07 Å². The Morgan fingerprint density at radius 3 is 2.52 bits per heavy atom. The fourth-order valence-electron chi connectivity index (χ4n) is 1.58. The molecule has 0 N–H and O–H groups in total. The smallest absolute Gasteiger partial charge is 0.313 e. The number of ether oxygens (including phenoxy) is 1.